The van der Waals surface area contributed by atoms with Crippen molar-refractivity contribution in [2.24, 2.45) is 0 Å². The average molecular weight is 498 g/mol. The number of nitrogens with zero attached hydrogens (tertiary/aromatic N) is 4. The first-order chi connectivity index (χ1) is 15.9. The van der Waals surface area contributed by atoms with E-state index in [4.69, 9.17) is 11.6 Å². The number of hydrogen-bond acceptors (Lipinski definition) is 6. The summed E-state index contributed by atoms with van der Waals surface area (Å²) >= 11 is 8.77. The van der Waals surface area contributed by atoms with Crippen molar-refractivity contribution in [1.29, 1.82) is 0 Å². The number of thioether (sulfide) groups is 1. The first-order valence-electron chi connectivity index (χ1n) is 10.5. The van der Waals surface area contributed by atoms with Gasteiger partial charge in [0, 0.05) is 28.9 Å². The number of carbonyl (C=O) groups is 1. The quantitative estimate of drug-likeness (QED) is 0.301. The molecule has 1 amide bonds. The standard InChI is InChI=1S/C24H24ClN5OS2/c1-4-30-21(12-17-6-9-19(25)10-7-17)28-29-24(30)33-14-22(31)27-23-26-20(13-32-23)18-8-5-15(2)16(3)11-18/h5-11,13H,4,12,14H2,1-3H3,(H,26,27,31). The van der Waals surface area contributed by atoms with Gasteiger partial charge in [0.25, 0.3) is 0 Å². The summed E-state index contributed by atoms with van der Waals surface area (Å²) < 4.78 is 2.04. The fraction of sp³-hybridized carbons (Fsp3) is 0.250. The van der Waals surface area contributed by atoms with Crippen LogP contribution in [-0.4, -0.2) is 31.4 Å². The normalized spacial score (nSPS) is 11.0. The average Bonchev–Trinajstić information content (AvgIpc) is 3.42. The summed E-state index contributed by atoms with van der Waals surface area (Å²) in [7, 11) is 0. The molecule has 9 heteroatoms. The molecule has 0 spiro atoms. The monoisotopic (exact) mass is 497 g/mol. The number of aryl methyl sites for hydroxylation is 2. The lowest BCUT2D eigenvalue weighted by Crippen LogP contribution is -2.14. The van der Waals surface area contributed by atoms with E-state index in [0.29, 0.717) is 16.6 Å². The van der Waals surface area contributed by atoms with Crippen molar-refractivity contribution in [2.75, 3.05) is 11.1 Å². The van der Waals surface area contributed by atoms with E-state index in [-0.39, 0.29) is 11.7 Å². The molecular weight excluding hydrogens is 474 g/mol. The topological polar surface area (TPSA) is 72.7 Å². The third kappa shape index (κ3) is 5.82. The molecule has 2 aromatic heterocycles. The molecule has 0 fully saturated rings. The Kier molecular flexibility index (Phi) is 7.47. The second kappa shape index (κ2) is 10.5. The molecule has 0 aliphatic carbocycles. The lowest BCUT2D eigenvalue weighted by atomic mass is 10.1. The Balaban J connectivity index is 1.36. The zero-order chi connectivity index (χ0) is 23.4. The molecule has 0 aliphatic heterocycles. The summed E-state index contributed by atoms with van der Waals surface area (Å²) in [5.74, 6) is 0.976. The third-order valence-corrected chi connectivity index (χ3v) is 7.25. The third-order valence-electron chi connectivity index (χ3n) is 5.27. The second-order valence-corrected chi connectivity index (χ2v) is 9.86. The first kappa shape index (κ1) is 23.5. The minimum absolute atomic E-state index is 0.120. The lowest BCUT2D eigenvalue weighted by Gasteiger charge is -2.07. The summed E-state index contributed by atoms with van der Waals surface area (Å²) in [5.41, 5.74) is 5.49. The predicted octanol–water partition coefficient (Wildman–Crippen LogP) is 6.01. The highest BCUT2D eigenvalue weighted by Gasteiger charge is 2.15. The molecule has 2 aromatic carbocycles. The van der Waals surface area contributed by atoms with Crippen molar-refractivity contribution in [2.45, 2.75) is 38.9 Å². The Bertz CT molecular complexity index is 1270. The maximum atomic E-state index is 12.5. The molecule has 0 unspecified atom stereocenters. The van der Waals surface area contributed by atoms with Crippen LogP contribution in [0.1, 0.15) is 29.4 Å². The molecule has 1 N–H and O–H groups in total. The fourth-order valence-electron chi connectivity index (χ4n) is 3.31. The maximum Gasteiger partial charge on any atom is 0.236 e. The summed E-state index contributed by atoms with van der Waals surface area (Å²) in [4.78, 5) is 17.1. The van der Waals surface area contributed by atoms with Crippen LogP contribution in [0.4, 0.5) is 5.13 Å². The highest BCUT2D eigenvalue weighted by molar-refractivity contribution is 7.99. The second-order valence-electron chi connectivity index (χ2n) is 7.62. The van der Waals surface area contributed by atoms with Gasteiger partial charge in [-0.15, -0.1) is 21.5 Å². The van der Waals surface area contributed by atoms with Crippen LogP contribution in [0.3, 0.4) is 0 Å². The van der Waals surface area contributed by atoms with E-state index in [1.54, 1.807) is 0 Å². The van der Waals surface area contributed by atoms with Gasteiger partial charge in [-0.2, -0.15) is 0 Å². The molecule has 0 radical (unpaired) electrons. The predicted molar refractivity (Wildman–Crippen MR) is 136 cm³/mol. The molecule has 2 heterocycles. The number of thiazole rings is 1. The Labute approximate surface area is 206 Å². The molecule has 0 bridgehead atoms. The number of anilines is 1. The van der Waals surface area contributed by atoms with Gasteiger partial charge >= 0.3 is 0 Å². The van der Waals surface area contributed by atoms with E-state index in [1.165, 1.54) is 34.2 Å². The van der Waals surface area contributed by atoms with Gasteiger partial charge in [-0.3, -0.25) is 4.79 Å². The van der Waals surface area contributed by atoms with Crippen molar-refractivity contribution in [3.8, 4) is 11.3 Å². The first-order valence-corrected chi connectivity index (χ1v) is 12.8. The highest BCUT2D eigenvalue weighted by atomic mass is 35.5. The number of aromatic nitrogens is 4. The van der Waals surface area contributed by atoms with Crippen molar-refractivity contribution < 1.29 is 4.79 Å². The van der Waals surface area contributed by atoms with Gasteiger partial charge in [0.05, 0.1) is 11.4 Å². The van der Waals surface area contributed by atoms with Crippen LogP contribution in [0.2, 0.25) is 5.02 Å². The molecule has 6 nitrogen and oxygen atoms in total. The molecule has 0 saturated carbocycles. The van der Waals surface area contributed by atoms with E-state index < -0.39 is 0 Å². The molecule has 0 atom stereocenters. The van der Waals surface area contributed by atoms with E-state index in [0.717, 1.165) is 34.3 Å². The molecule has 0 saturated heterocycles. The van der Waals surface area contributed by atoms with Crippen LogP contribution in [0.25, 0.3) is 11.3 Å². The molecule has 4 rings (SSSR count). The Morgan fingerprint density at radius 3 is 2.64 bits per heavy atom. The van der Waals surface area contributed by atoms with E-state index in [1.807, 2.05) is 41.1 Å². The molecule has 0 aliphatic rings. The smallest absolute Gasteiger partial charge is 0.236 e. The van der Waals surface area contributed by atoms with Gasteiger partial charge in [0.2, 0.25) is 5.91 Å². The van der Waals surface area contributed by atoms with Gasteiger partial charge in [0.15, 0.2) is 10.3 Å². The van der Waals surface area contributed by atoms with Crippen molar-refractivity contribution >= 4 is 45.7 Å². The van der Waals surface area contributed by atoms with E-state index in [2.05, 4.69) is 52.5 Å². The van der Waals surface area contributed by atoms with E-state index in [9.17, 15) is 4.79 Å². The van der Waals surface area contributed by atoms with Crippen molar-refractivity contribution in [3.63, 3.8) is 0 Å². The van der Waals surface area contributed by atoms with Gasteiger partial charge in [-0.1, -0.05) is 47.6 Å². The molecule has 4 aromatic rings. The molecule has 33 heavy (non-hydrogen) atoms. The SMILES string of the molecule is CCn1c(Cc2ccc(Cl)cc2)nnc1SCC(=O)Nc1nc(-c2ccc(C)c(C)c2)cs1. The van der Waals surface area contributed by atoms with Crippen molar-refractivity contribution in [1.82, 2.24) is 19.7 Å². The molecule has 170 valence electrons. The Morgan fingerprint density at radius 1 is 1.12 bits per heavy atom. The van der Waals surface area contributed by atoms with Gasteiger partial charge in [-0.25, -0.2) is 4.98 Å². The lowest BCUT2D eigenvalue weighted by molar-refractivity contribution is -0.113. The highest BCUT2D eigenvalue weighted by Crippen LogP contribution is 2.27. The minimum atomic E-state index is -0.120. The Hall–Kier alpha value is -2.68. The van der Waals surface area contributed by atoms with E-state index >= 15 is 0 Å². The Morgan fingerprint density at radius 2 is 1.91 bits per heavy atom. The zero-order valence-corrected chi connectivity index (χ0v) is 21.0. The van der Waals surface area contributed by atoms with Gasteiger partial charge in [-0.05, 0) is 55.7 Å². The van der Waals surface area contributed by atoms with Crippen LogP contribution in [0.15, 0.2) is 53.0 Å². The largest absolute Gasteiger partial charge is 0.306 e. The summed E-state index contributed by atoms with van der Waals surface area (Å²) in [6.45, 7) is 6.94. The number of rotatable bonds is 8. The minimum Gasteiger partial charge on any atom is -0.306 e. The zero-order valence-electron chi connectivity index (χ0n) is 18.6. The fourth-order valence-corrected chi connectivity index (χ4v) is 4.99. The van der Waals surface area contributed by atoms with Gasteiger partial charge in [0.1, 0.15) is 5.82 Å². The molecular formula is C24H24ClN5OS2. The van der Waals surface area contributed by atoms with Gasteiger partial charge < -0.3 is 9.88 Å². The van der Waals surface area contributed by atoms with Crippen LogP contribution >= 0.6 is 34.7 Å². The van der Waals surface area contributed by atoms with Crippen LogP contribution < -0.4 is 5.32 Å². The number of hydrogen-bond donors (Lipinski definition) is 1. The van der Waals surface area contributed by atoms with Crippen molar-refractivity contribution in [3.05, 3.63) is 75.4 Å². The van der Waals surface area contributed by atoms with Crippen LogP contribution in [0.5, 0.6) is 0 Å². The maximum absolute atomic E-state index is 12.5. The summed E-state index contributed by atoms with van der Waals surface area (Å²) in [6, 6.07) is 14.0. The number of halogens is 1. The summed E-state index contributed by atoms with van der Waals surface area (Å²) in [5, 5.41) is 15.5. The van der Waals surface area contributed by atoms with Crippen LogP contribution in [0, 0.1) is 13.8 Å². The summed E-state index contributed by atoms with van der Waals surface area (Å²) in [6.07, 6.45) is 0.658. The van der Waals surface area contributed by atoms with Crippen LogP contribution in [-0.2, 0) is 17.8 Å². The number of benzene rings is 2. The number of nitrogens with one attached hydrogen (secondary N) is 1. The number of amides is 1. The number of carbonyl (C=O) groups excluding carboxylic acids is 1.